The molecular weight excluding hydrogens is 188 g/mol. The number of hydrogen-bond acceptors (Lipinski definition) is 2. The average Bonchev–Trinajstić information content (AvgIpc) is 2.95. The van der Waals surface area contributed by atoms with Gasteiger partial charge in [-0.15, -0.1) is 0 Å². The van der Waals surface area contributed by atoms with Gasteiger partial charge in [-0.2, -0.15) is 0 Å². The van der Waals surface area contributed by atoms with Crippen LogP contribution in [0.25, 0.3) is 0 Å². The molecule has 2 aliphatic rings. The molecule has 3 nitrogen and oxygen atoms in total. The van der Waals surface area contributed by atoms with Crippen molar-refractivity contribution >= 4 is 5.91 Å². The number of hydrogen-bond donors (Lipinski definition) is 1. The van der Waals surface area contributed by atoms with E-state index in [0.29, 0.717) is 17.9 Å². The molecule has 0 aromatic heterocycles. The standard InChI is InChI=1S/C12H22N2O/c1-9(2)8-14-7-3-4-11(12(14)15)13-10-5-6-10/h9-11,13H,3-8H2,1-2H3. The molecule has 2 rings (SSSR count). The van der Waals surface area contributed by atoms with Gasteiger partial charge in [-0.1, -0.05) is 13.8 Å². The van der Waals surface area contributed by atoms with Crippen LogP contribution in [0.2, 0.25) is 0 Å². The van der Waals surface area contributed by atoms with E-state index in [1.807, 2.05) is 4.90 Å². The number of likely N-dealkylation sites (tertiary alicyclic amines) is 1. The number of carbonyl (C=O) groups is 1. The molecule has 1 amide bonds. The number of carbonyl (C=O) groups excluding carboxylic acids is 1. The van der Waals surface area contributed by atoms with Crippen molar-refractivity contribution in [3.05, 3.63) is 0 Å². The van der Waals surface area contributed by atoms with Gasteiger partial charge in [0.15, 0.2) is 0 Å². The highest BCUT2D eigenvalue weighted by atomic mass is 16.2. The van der Waals surface area contributed by atoms with Crippen LogP contribution < -0.4 is 5.32 Å². The van der Waals surface area contributed by atoms with Gasteiger partial charge in [0.05, 0.1) is 6.04 Å². The first-order chi connectivity index (χ1) is 7.16. The molecule has 2 fully saturated rings. The predicted molar refractivity (Wildman–Crippen MR) is 60.6 cm³/mol. The summed E-state index contributed by atoms with van der Waals surface area (Å²) in [5, 5.41) is 3.45. The van der Waals surface area contributed by atoms with E-state index in [9.17, 15) is 4.79 Å². The van der Waals surface area contributed by atoms with E-state index in [4.69, 9.17) is 0 Å². The minimum atomic E-state index is 0.116. The fourth-order valence-corrected chi connectivity index (χ4v) is 2.25. The van der Waals surface area contributed by atoms with Gasteiger partial charge in [0.25, 0.3) is 0 Å². The number of rotatable bonds is 4. The summed E-state index contributed by atoms with van der Waals surface area (Å²) in [5.74, 6) is 0.912. The van der Waals surface area contributed by atoms with E-state index in [1.165, 1.54) is 12.8 Å². The number of nitrogens with zero attached hydrogens (tertiary/aromatic N) is 1. The number of piperidine rings is 1. The smallest absolute Gasteiger partial charge is 0.239 e. The lowest BCUT2D eigenvalue weighted by Crippen LogP contribution is -2.52. The molecule has 1 aliphatic carbocycles. The first-order valence-corrected chi connectivity index (χ1v) is 6.21. The molecule has 15 heavy (non-hydrogen) atoms. The summed E-state index contributed by atoms with van der Waals surface area (Å²) in [7, 11) is 0. The van der Waals surface area contributed by atoms with E-state index >= 15 is 0 Å². The Hall–Kier alpha value is -0.570. The van der Waals surface area contributed by atoms with Crippen molar-refractivity contribution in [2.75, 3.05) is 13.1 Å². The molecule has 0 aromatic rings. The van der Waals surface area contributed by atoms with Gasteiger partial charge in [-0.05, 0) is 31.6 Å². The van der Waals surface area contributed by atoms with Crippen LogP contribution in [0.1, 0.15) is 39.5 Å². The maximum atomic E-state index is 12.1. The van der Waals surface area contributed by atoms with Gasteiger partial charge in [-0.3, -0.25) is 4.79 Å². The van der Waals surface area contributed by atoms with Crippen molar-refractivity contribution in [2.45, 2.75) is 51.6 Å². The van der Waals surface area contributed by atoms with Gasteiger partial charge in [-0.25, -0.2) is 0 Å². The maximum absolute atomic E-state index is 12.1. The molecular formula is C12H22N2O. The van der Waals surface area contributed by atoms with Gasteiger partial charge >= 0.3 is 0 Å². The fraction of sp³-hybridized carbons (Fsp3) is 0.917. The highest BCUT2D eigenvalue weighted by Gasteiger charge is 2.33. The van der Waals surface area contributed by atoms with Crippen LogP contribution in [0.4, 0.5) is 0 Å². The third-order valence-corrected chi connectivity index (χ3v) is 3.13. The lowest BCUT2D eigenvalue weighted by molar-refractivity contribution is -0.136. The Morgan fingerprint density at radius 1 is 1.40 bits per heavy atom. The van der Waals surface area contributed by atoms with E-state index in [2.05, 4.69) is 19.2 Å². The number of amides is 1. The van der Waals surface area contributed by atoms with E-state index < -0.39 is 0 Å². The summed E-state index contributed by atoms with van der Waals surface area (Å²) in [6.07, 6.45) is 4.70. The monoisotopic (exact) mass is 210 g/mol. The van der Waals surface area contributed by atoms with Crippen molar-refractivity contribution in [1.82, 2.24) is 10.2 Å². The second-order valence-electron chi connectivity index (χ2n) is 5.31. The molecule has 0 bridgehead atoms. The fourth-order valence-electron chi connectivity index (χ4n) is 2.25. The van der Waals surface area contributed by atoms with Gasteiger partial charge in [0.1, 0.15) is 0 Å². The molecule has 1 N–H and O–H groups in total. The Bertz CT molecular complexity index is 222. The Morgan fingerprint density at radius 2 is 2.13 bits per heavy atom. The Labute approximate surface area is 92.2 Å². The van der Waals surface area contributed by atoms with Crippen LogP contribution in [-0.4, -0.2) is 36.0 Å². The van der Waals surface area contributed by atoms with Crippen molar-refractivity contribution in [2.24, 2.45) is 5.92 Å². The molecule has 1 unspecified atom stereocenters. The summed E-state index contributed by atoms with van der Waals surface area (Å²) >= 11 is 0. The molecule has 3 heteroatoms. The molecule has 0 aromatic carbocycles. The van der Waals surface area contributed by atoms with Crippen LogP contribution >= 0.6 is 0 Å². The third-order valence-electron chi connectivity index (χ3n) is 3.13. The summed E-state index contributed by atoms with van der Waals surface area (Å²) < 4.78 is 0. The molecule has 1 saturated carbocycles. The zero-order valence-electron chi connectivity index (χ0n) is 9.83. The van der Waals surface area contributed by atoms with Crippen LogP contribution in [0.3, 0.4) is 0 Å². The lowest BCUT2D eigenvalue weighted by Gasteiger charge is -2.33. The van der Waals surface area contributed by atoms with Crippen LogP contribution in [0, 0.1) is 5.92 Å². The maximum Gasteiger partial charge on any atom is 0.239 e. The lowest BCUT2D eigenvalue weighted by atomic mass is 10.0. The van der Waals surface area contributed by atoms with Crippen molar-refractivity contribution in [3.8, 4) is 0 Å². The van der Waals surface area contributed by atoms with Crippen molar-refractivity contribution in [1.29, 1.82) is 0 Å². The largest absolute Gasteiger partial charge is 0.341 e. The summed E-state index contributed by atoms with van der Waals surface area (Å²) in [6, 6.07) is 0.753. The topological polar surface area (TPSA) is 32.3 Å². The second kappa shape index (κ2) is 4.52. The molecule has 86 valence electrons. The predicted octanol–water partition coefficient (Wildman–Crippen LogP) is 1.39. The van der Waals surface area contributed by atoms with Crippen LogP contribution in [-0.2, 0) is 4.79 Å². The molecule has 1 saturated heterocycles. The highest BCUT2D eigenvalue weighted by molar-refractivity contribution is 5.82. The van der Waals surface area contributed by atoms with Crippen LogP contribution in [0.5, 0.6) is 0 Å². The second-order valence-corrected chi connectivity index (χ2v) is 5.31. The van der Waals surface area contributed by atoms with Gasteiger partial charge in [0, 0.05) is 19.1 Å². The molecule has 1 aliphatic heterocycles. The third kappa shape index (κ3) is 2.94. The Kier molecular flexibility index (Phi) is 3.29. The van der Waals surface area contributed by atoms with E-state index in [0.717, 1.165) is 25.9 Å². The van der Waals surface area contributed by atoms with Crippen molar-refractivity contribution in [3.63, 3.8) is 0 Å². The summed E-state index contributed by atoms with van der Waals surface area (Å²) in [6.45, 7) is 6.22. The summed E-state index contributed by atoms with van der Waals surface area (Å²) in [4.78, 5) is 14.1. The Balaban J connectivity index is 1.87. The normalized spacial score (nSPS) is 27.5. The number of nitrogens with one attached hydrogen (secondary N) is 1. The Morgan fingerprint density at radius 3 is 2.73 bits per heavy atom. The quantitative estimate of drug-likeness (QED) is 0.760. The molecule has 0 spiro atoms. The van der Waals surface area contributed by atoms with E-state index in [-0.39, 0.29) is 6.04 Å². The zero-order valence-corrected chi connectivity index (χ0v) is 9.83. The summed E-state index contributed by atoms with van der Waals surface area (Å²) in [5.41, 5.74) is 0. The first kappa shape index (κ1) is 10.9. The van der Waals surface area contributed by atoms with Crippen LogP contribution in [0.15, 0.2) is 0 Å². The van der Waals surface area contributed by atoms with Crippen molar-refractivity contribution < 1.29 is 4.79 Å². The molecule has 0 radical (unpaired) electrons. The van der Waals surface area contributed by atoms with Gasteiger partial charge < -0.3 is 10.2 Å². The highest BCUT2D eigenvalue weighted by Crippen LogP contribution is 2.22. The first-order valence-electron chi connectivity index (χ1n) is 6.21. The van der Waals surface area contributed by atoms with Gasteiger partial charge in [0.2, 0.25) is 5.91 Å². The average molecular weight is 210 g/mol. The molecule has 1 heterocycles. The minimum absolute atomic E-state index is 0.116. The zero-order chi connectivity index (χ0) is 10.8. The van der Waals surface area contributed by atoms with E-state index in [1.54, 1.807) is 0 Å². The minimum Gasteiger partial charge on any atom is -0.341 e. The molecule has 1 atom stereocenters. The SMILES string of the molecule is CC(C)CN1CCCC(NC2CC2)C1=O.